The van der Waals surface area contributed by atoms with E-state index in [0.29, 0.717) is 11.3 Å². The number of benzene rings is 4. The molecule has 0 saturated heterocycles. The molecule has 0 aliphatic carbocycles. The van der Waals surface area contributed by atoms with Gasteiger partial charge in [0.05, 0.1) is 11.0 Å². The van der Waals surface area contributed by atoms with Crippen LogP contribution in [-0.4, -0.2) is 33.4 Å². The van der Waals surface area contributed by atoms with Crippen LogP contribution in [0.15, 0.2) is 113 Å². The Bertz CT molecular complexity index is 1540. The second-order valence-electron chi connectivity index (χ2n) is 8.34. The number of amidine groups is 1. The molecule has 7 heteroatoms. The molecule has 0 aliphatic rings. The summed E-state index contributed by atoms with van der Waals surface area (Å²) in [6.45, 7) is 1.94. The maximum atomic E-state index is 9.69. The predicted octanol–water partition coefficient (Wildman–Crippen LogP) is 3.85. The zero-order valence-electron chi connectivity index (χ0n) is 19.3. The first-order valence-electron chi connectivity index (χ1n) is 11.4. The molecule has 35 heavy (non-hydrogen) atoms. The van der Waals surface area contributed by atoms with Crippen LogP contribution in [0.25, 0.3) is 21.8 Å². The molecule has 1 aromatic heterocycles. The SMILES string of the molecule is CC(=NC(=NC(N)c1ccccc1)c1ccccc1)n1c2ccccc2c2cc(B(O)O)ccc21. The van der Waals surface area contributed by atoms with Gasteiger partial charge < -0.3 is 15.8 Å². The van der Waals surface area contributed by atoms with Gasteiger partial charge in [0, 0.05) is 16.3 Å². The van der Waals surface area contributed by atoms with Crippen molar-refractivity contribution in [1.29, 1.82) is 0 Å². The van der Waals surface area contributed by atoms with Gasteiger partial charge in [-0.25, -0.2) is 9.98 Å². The molecule has 1 atom stereocenters. The fourth-order valence-corrected chi connectivity index (χ4v) is 4.31. The fourth-order valence-electron chi connectivity index (χ4n) is 4.31. The monoisotopic (exact) mass is 460 g/mol. The molecule has 4 aromatic carbocycles. The predicted molar refractivity (Wildman–Crippen MR) is 144 cm³/mol. The van der Waals surface area contributed by atoms with Crippen LogP contribution in [-0.2, 0) is 0 Å². The minimum atomic E-state index is -1.53. The largest absolute Gasteiger partial charge is 0.488 e. The van der Waals surface area contributed by atoms with Gasteiger partial charge in [-0.3, -0.25) is 4.57 Å². The van der Waals surface area contributed by atoms with Crippen LogP contribution >= 0.6 is 0 Å². The number of nitrogens with zero attached hydrogens (tertiary/aromatic N) is 3. The van der Waals surface area contributed by atoms with E-state index in [-0.39, 0.29) is 0 Å². The average molecular weight is 460 g/mol. The van der Waals surface area contributed by atoms with E-state index >= 15 is 0 Å². The Kier molecular flexibility index (Phi) is 6.29. The summed E-state index contributed by atoms with van der Waals surface area (Å²) in [6, 6.07) is 32.9. The average Bonchev–Trinajstić information content (AvgIpc) is 3.23. The van der Waals surface area contributed by atoms with Crippen LogP contribution in [0.5, 0.6) is 0 Å². The van der Waals surface area contributed by atoms with E-state index in [9.17, 15) is 10.0 Å². The summed E-state index contributed by atoms with van der Waals surface area (Å²) in [7, 11) is -1.53. The van der Waals surface area contributed by atoms with Crippen molar-refractivity contribution in [3.8, 4) is 0 Å². The summed E-state index contributed by atoms with van der Waals surface area (Å²) in [5.41, 5.74) is 10.5. The third-order valence-corrected chi connectivity index (χ3v) is 6.02. The number of fused-ring (bicyclic) bond motifs is 3. The lowest BCUT2D eigenvalue weighted by molar-refractivity contribution is 0.426. The summed E-state index contributed by atoms with van der Waals surface area (Å²) in [6.07, 6.45) is -0.560. The van der Waals surface area contributed by atoms with Gasteiger partial charge in [0.15, 0.2) is 5.84 Å². The molecule has 5 aromatic rings. The van der Waals surface area contributed by atoms with E-state index in [1.165, 1.54) is 0 Å². The van der Waals surface area contributed by atoms with Gasteiger partial charge in [-0.2, -0.15) is 0 Å². The van der Waals surface area contributed by atoms with Gasteiger partial charge in [0.25, 0.3) is 0 Å². The Balaban J connectivity index is 1.69. The highest BCUT2D eigenvalue weighted by Crippen LogP contribution is 2.28. The lowest BCUT2D eigenvalue weighted by Crippen LogP contribution is -2.29. The molecule has 1 unspecified atom stereocenters. The van der Waals surface area contributed by atoms with E-state index in [1.54, 1.807) is 6.07 Å². The standard InChI is InChI=1S/C28H25BN4O2/c1-19(31-28(21-12-6-3-7-13-21)32-27(30)20-10-4-2-5-11-20)33-25-15-9-8-14-23(25)24-18-22(29(34)35)16-17-26(24)33/h2-18,27,34-35H,30H2,1H3. The number of aliphatic imine (C=N–C) groups is 2. The number of rotatable bonds is 4. The fraction of sp³-hybridized carbons (Fsp3) is 0.0714. The molecule has 4 N–H and O–H groups in total. The molecule has 0 fully saturated rings. The van der Waals surface area contributed by atoms with Crippen LogP contribution < -0.4 is 11.2 Å². The zero-order chi connectivity index (χ0) is 24.4. The van der Waals surface area contributed by atoms with Crippen molar-refractivity contribution in [2.24, 2.45) is 15.7 Å². The van der Waals surface area contributed by atoms with E-state index in [0.717, 1.165) is 38.8 Å². The van der Waals surface area contributed by atoms with Crippen LogP contribution in [0.2, 0.25) is 0 Å². The molecular formula is C28H25BN4O2. The molecule has 0 amide bonds. The second-order valence-corrected chi connectivity index (χ2v) is 8.34. The molecule has 5 rings (SSSR count). The number of aromatic nitrogens is 1. The highest BCUT2D eigenvalue weighted by Gasteiger charge is 2.17. The zero-order valence-corrected chi connectivity index (χ0v) is 19.3. The Morgan fingerprint density at radius 3 is 2.14 bits per heavy atom. The Morgan fingerprint density at radius 1 is 0.800 bits per heavy atom. The van der Waals surface area contributed by atoms with Crippen LogP contribution in [0.1, 0.15) is 24.2 Å². The summed E-state index contributed by atoms with van der Waals surface area (Å²) < 4.78 is 2.06. The Labute approximate surface area is 203 Å². The topological polar surface area (TPSA) is 96.1 Å². The molecule has 1 heterocycles. The van der Waals surface area contributed by atoms with Crippen molar-refractivity contribution in [3.05, 3.63) is 114 Å². The molecule has 0 saturated carbocycles. The van der Waals surface area contributed by atoms with Crippen molar-refractivity contribution in [1.82, 2.24) is 4.57 Å². The van der Waals surface area contributed by atoms with Crippen molar-refractivity contribution >= 4 is 46.1 Å². The lowest BCUT2D eigenvalue weighted by Gasteiger charge is -2.12. The molecule has 0 spiro atoms. The Hall–Kier alpha value is -4.04. The van der Waals surface area contributed by atoms with Crippen LogP contribution in [0.3, 0.4) is 0 Å². The van der Waals surface area contributed by atoms with Crippen molar-refractivity contribution in [2.75, 3.05) is 0 Å². The maximum Gasteiger partial charge on any atom is 0.488 e. The van der Waals surface area contributed by atoms with Crippen molar-refractivity contribution in [3.63, 3.8) is 0 Å². The first-order valence-corrected chi connectivity index (χ1v) is 11.4. The van der Waals surface area contributed by atoms with Gasteiger partial charge in [-0.15, -0.1) is 0 Å². The first-order chi connectivity index (χ1) is 17.0. The minimum absolute atomic E-state index is 0.440. The number of hydrogen-bond donors (Lipinski definition) is 3. The number of para-hydroxylation sites is 1. The van der Waals surface area contributed by atoms with Gasteiger partial charge in [-0.05, 0) is 30.1 Å². The summed E-state index contributed by atoms with van der Waals surface area (Å²) >= 11 is 0. The van der Waals surface area contributed by atoms with Gasteiger partial charge in [0.2, 0.25) is 0 Å². The molecule has 0 radical (unpaired) electrons. The highest BCUT2D eigenvalue weighted by atomic mass is 16.4. The molecule has 6 nitrogen and oxygen atoms in total. The van der Waals surface area contributed by atoms with Crippen molar-refractivity contribution < 1.29 is 10.0 Å². The number of hydrogen-bond acceptors (Lipinski definition) is 4. The van der Waals surface area contributed by atoms with Crippen LogP contribution in [0, 0.1) is 0 Å². The quantitative estimate of drug-likeness (QED) is 0.216. The summed E-state index contributed by atoms with van der Waals surface area (Å²) in [5.74, 6) is 1.25. The maximum absolute atomic E-state index is 9.69. The van der Waals surface area contributed by atoms with Gasteiger partial charge in [0.1, 0.15) is 12.0 Å². The molecule has 172 valence electrons. The minimum Gasteiger partial charge on any atom is -0.423 e. The van der Waals surface area contributed by atoms with E-state index < -0.39 is 13.3 Å². The summed E-state index contributed by atoms with van der Waals surface area (Å²) in [4.78, 5) is 9.76. The highest BCUT2D eigenvalue weighted by molar-refractivity contribution is 6.59. The third kappa shape index (κ3) is 4.52. The van der Waals surface area contributed by atoms with E-state index in [4.69, 9.17) is 15.7 Å². The van der Waals surface area contributed by atoms with E-state index in [1.807, 2.05) is 104 Å². The molecular weight excluding hydrogens is 435 g/mol. The molecule has 0 bridgehead atoms. The van der Waals surface area contributed by atoms with Gasteiger partial charge in [-0.1, -0.05) is 91.0 Å². The molecule has 0 aliphatic heterocycles. The summed E-state index contributed by atoms with van der Waals surface area (Å²) in [5, 5.41) is 21.3. The first kappa shape index (κ1) is 22.7. The van der Waals surface area contributed by atoms with Crippen LogP contribution in [0.4, 0.5) is 0 Å². The second kappa shape index (κ2) is 9.68. The van der Waals surface area contributed by atoms with E-state index in [2.05, 4.69) is 4.57 Å². The van der Waals surface area contributed by atoms with Crippen molar-refractivity contribution in [2.45, 2.75) is 13.1 Å². The normalized spacial score (nSPS) is 13.4. The number of nitrogens with two attached hydrogens (primary N) is 1. The lowest BCUT2D eigenvalue weighted by atomic mass is 9.80. The smallest absolute Gasteiger partial charge is 0.423 e. The van der Waals surface area contributed by atoms with Gasteiger partial charge >= 0.3 is 7.12 Å². The Morgan fingerprint density at radius 2 is 1.43 bits per heavy atom. The third-order valence-electron chi connectivity index (χ3n) is 6.02.